The predicted octanol–water partition coefficient (Wildman–Crippen LogP) is 0.161. The molecule has 0 aliphatic heterocycles. The highest BCUT2D eigenvalue weighted by Gasteiger charge is 2.11. The van der Waals surface area contributed by atoms with Gasteiger partial charge in [-0.15, -0.1) is 0 Å². The smallest absolute Gasteiger partial charge is 0.338 e. The van der Waals surface area contributed by atoms with Gasteiger partial charge in [-0.05, 0) is 24.6 Å². The summed E-state index contributed by atoms with van der Waals surface area (Å²) in [5.41, 5.74) is 12.1. The Morgan fingerprint density at radius 3 is 2.45 bits per heavy atom. The molecule has 0 aliphatic rings. The Hall–Kier alpha value is -2.28. The summed E-state index contributed by atoms with van der Waals surface area (Å²) in [6.07, 6.45) is 0.696. The fourth-order valence-corrected chi connectivity index (χ4v) is 1.50. The Balaban J connectivity index is 2.37. The number of nitrogens with one attached hydrogen (secondary N) is 1. The number of nitrogen functional groups attached to an aromatic ring is 2. The first kappa shape index (κ1) is 15.8. The van der Waals surface area contributed by atoms with Crippen LogP contribution < -0.4 is 16.8 Å². The summed E-state index contributed by atoms with van der Waals surface area (Å²) in [5, 5.41) is 2.60. The molecule has 0 aliphatic carbocycles. The van der Waals surface area contributed by atoms with Crippen LogP contribution in [0.2, 0.25) is 0 Å². The van der Waals surface area contributed by atoms with Crippen LogP contribution in [0.3, 0.4) is 0 Å². The van der Waals surface area contributed by atoms with E-state index in [0.29, 0.717) is 30.9 Å². The molecule has 7 heteroatoms. The molecular weight excluding hydrogens is 262 g/mol. The summed E-state index contributed by atoms with van der Waals surface area (Å²) in [5.74, 6) is -1.01. The summed E-state index contributed by atoms with van der Waals surface area (Å²) in [6, 6.07) is 4.41. The van der Waals surface area contributed by atoms with E-state index >= 15 is 0 Å². The Morgan fingerprint density at radius 1 is 1.20 bits per heavy atom. The van der Waals surface area contributed by atoms with Gasteiger partial charge in [-0.1, -0.05) is 0 Å². The second kappa shape index (κ2) is 8.00. The Bertz CT molecular complexity index is 456. The number of hydrogen-bond donors (Lipinski definition) is 3. The molecule has 1 aromatic rings. The minimum absolute atomic E-state index is 0.217. The first-order chi connectivity index (χ1) is 9.52. The van der Waals surface area contributed by atoms with Gasteiger partial charge in [0.2, 0.25) is 0 Å². The van der Waals surface area contributed by atoms with Crippen molar-refractivity contribution in [2.24, 2.45) is 0 Å². The molecule has 1 aromatic carbocycles. The number of esters is 1. The SMILES string of the molecule is COCCCNC(=O)COC(=O)c1cc(N)cc(N)c1. The maximum atomic E-state index is 11.7. The lowest BCUT2D eigenvalue weighted by molar-refractivity contribution is -0.124. The summed E-state index contributed by atoms with van der Waals surface area (Å²) < 4.78 is 9.71. The van der Waals surface area contributed by atoms with Gasteiger partial charge in [-0.25, -0.2) is 4.79 Å². The second-order valence-corrected chi connectivity index (χ2v) is 4.16. The zero-order chi connectivity index (χ0) is 15.0. The molecule has 0 spiro atoms. The van der Waals surface area contributed by atoms with Gasteiger partial charge in [0.05, 0.1) is 5.56 Å². The molecule has 0 unspecified atom stereocenters. The third kappa shape index (κ3) is 5.57. The Kier molecular flexibility index (Phi) is 6.31. The highest BCUT2D eigenvalue weighted by atomic mass is 16.5. The van der Waals surface area contributed by atoms with Gasteiger partial charge in [0.25, 0.3) is 5.91 Å². The molecule has 7 nitrogen and oxygen atoms in total. The summed E-state index contributed by atoms with van der Waals surface area (Å²) >= 11 is 0. The van der Waals surface area contributed by atoms with Crippen LogP contribution in [0, 0.1) is 0 Å². The second-order valence-electron chi connectivity index (χ2n) is 4.16. The van der Waals surface area contributed by atoms with Gasteiger partial charge in [0, 0.05) is 31.6 Å². The number of nitrogens with two attached hydrogens (primary N) is 2. The van der Waals surface area contributed by atoms with Crippen molar-refractivity contribution in [3.8, 4) is 0 Å². The molecule has 1 amide bonds. The van der Waals surface area contributed by atoms with Gasteiger partial charge in [0.15, 0.2) is 6.61 Å². The van der Waals surface area contributed by atoms with Crippen LogP contribution in [0.5, 0.6) is 0 Å². The van der Waals surface area contributed by atoms with E-state index in [-0.39, 0.29) is 18.1 Å². The first-order valence-electron chi connectivity index (χ1n) is 6.11. The van der Waals surface area contributed by atoms with Gasteiger partial charge >= 0.3 is 5.97 Å². The Labute approximate surface area is 117 Å². The van der Waals surface area contributed by atoms with Crippen molar-refractivity contribution in [1.82, 2.24) is 5.32 Å². The van der Waals surface area contributed by atoms with Crippen molar-refractivity contribution in [3.63, 3.8) is 0 Å². The fourth-order valence-electron chi connectivity index (χ4n) is 1.50. The van der Waals surface area contributed by atoms with Crippen molar-refractivity contribution in [3.05, 3.63) is 23.8 Å². The number of rotatable bonds is 7. The monoisotopic (exact) mass is 281 g/mol. The lowest BCUT2D eigenvalue weighted by Crippen LogP contribution is -2.30. The molecule has 0 heterocycles. The van der Waals surface area contributed by atoms with E-state index in [1.54, 1.807) is 7.11 Å². The van der Waals surface area contributed by atoms with Crippen molar-refractivity contribution < 1.29 is 19.1 Å². The molecular formula is C13H19N3O4. The molecule has 0 fully saturated rings. The quantitative estimate of drug-likeness (QED) is 0.372. The number of anilines is 2. The molecule has 5 N–H and O–H groups in total. The minimum atomic E-state index is -0.643. The summed E-state index contributed by atoms with van der Waals surface area (Å²) in [6.45, 7) is 0.679. The predicted molar refractivity (Wildman–Crippen MR) is 75.1 cm³/mol. The lowest BCUT2D eigenvalue weighted by Gasteiger charge is -2.07. The lowest BCUT2D eigenvalue weighted by atomic mass is 10.2. The van der Waals surface area contributed by atoms with Crippen molar-refractivity contribution >= 4 is 23.3 Å². The van der Waals surface area contributed by atoms with Crippen LogP contribution in [0.4, 0.5) is 11.4 Å². The van der Waals surface area contributed by atoms with E-state index in [2.05, 4.69) is 5.32 Å². The third-order valence-electron chi connectivity index (χ3n) is 2.40. The van der Waals surface area contributed by atoms with E-state index in [1.165, 1.54) is 18.2 Å². The Morgan fingerprint density at radius 2 is 1.85 bits per heavy atom. The molecule has 0 atom stereocenters. The first-order valence-corrected chi connectivity index (χ1v) is 6.11. The third-order valence-corrected chi connectivity index (χ3v) is 2.40. The van der Waals surface area contributed by atoms with Gasteiger partial charge in [-0.3, -0.25) is 4.79 Å². The average Bonchev–Trinajstić information content (AvgIpc) is 2.40. The molecule has 0 bridgehead atoms. The normalized spacial score (nSPS) is 10.1. The summed E-state index contributed by atoms with van der Waals surface area (Å²) in [4.78, 5) is 23.1. The van der Waals surface area contributed by atoms with E-state index in [9.17, 15) is 9.59 Å². The van der Waals surface area contributed by atoms with Crippen LogP contribution in [-0.2, 0) is 14.3 Å². The maximum absolute atomic E-state index is 11.7. The zero-order valence-electron chi connectivity index (χ0n) is 11.3. The number of amides is 1. The standard InChI is InChI=1S/C13H19N3O4/c1-19-4-2-3-16-12(17)8-20-13(18)9-5-10(14)7-11(15)6-9/h5-7H,2-4,8,14-15H2,1H3,(H,16,17). The molecule has 0 radical (unpaired) electrons. The van der Waals surface area contributed by atoms with E-state index in [1.807, 2.05) is 0 Å². The number of hydrogen-bond acceptors (Lipinski definition) is 6. The van der Waals surface area contributed by atoms with E-state index in [0.717, 1.165) is 0 Å². The number of benzene rings is 1. The zero-order valence-corrected chi connectivity index (χ0v) is 11.3. The number of carbonyl (C=O) groups excluding carboxylic acids is 2. The minimum Gasteiger partial charge on any atom is -0.452 e. The van der Waals surface area contributed by atoms with Gasteiger partial charge in [-0.2, -0.15) is 0 Å². The molecule has 110 valence electrons. The number of ether oxygens (including phenoxy) is 2. The molecule has 0 saturated heterocycles. The van der Waals surface area contributed by atoms with Gasteiger partial charge < -0.3 is 26.3 Å². The van der Waals surface area contributed by atoms with Crippen molar-refractivity contribution in [2.75, 3.05) is 38.3 Å². The highest BCUT2D eigenvalue weighted by molar-refractivity contribution is 5.93. The molecule has 1 rings (SSSR count). The van der Waals surface area contributed by atoms with Gasteiger partial charge in [0.1, 0.15) is 0 Å². The van der Waals surface area contributed by atoms with Crippen LogP contribution in [0.1, 0.15) is 16.8 Å². The van der Waals surface area contributed by atoms with Crippen LogP contribution in [0.15, 0.2) is 18.2 Å². The molecule has 20 heavy (non-hydrogen) atoms. The maximum Gasteiger partial charge on any atom is 0.338 e. The number of carbonyl (C=O) groups is 2. The molecule has 0 saturated carbocycles. The van der Waals surface area contributed by atoms with Crippen LogP contribution in [0.25, 0.3) is 0 Å². The average molecular weight is 281 g/mol. The highest BCUT2D eigenvalue weighted by Crippen LogP contribution is 2.14. The largest absolute Gasteiger partial charge is 0.452 e. The van der Waals surface area contributed by atoms with E-state index in [4.69, 9.17) is 20.9 Å². The fraction of sp³-hybridized carbons (Fsp3) is 0.385. The van der Waals surface area contributed by atoms with Crippen molar-refractivity contribution in [1.29, 1.82) is 0 Å². The van der Waals surface area contributed by atoms with E-state index < -0.39 is 5.97 Å². The number of methoxy groups -OCH3 is 1. The van der Waals surface area contributed by atoms with Crippen LogP contribution in [-0.4, -0.2) is 38.7 Å². The van der Waals surface area contributed by atoms with Crippen LogP contribution >= 0.6 is 0 Å². The van der Waals surface area contributed by atoms with Crippen molar-refractivity contribution in [2.45, 2.75) is 6.42 Å². The molecule has 0 aromatic heterocycles. The topological polar surface area (TPSA) is 117 Å². The summed E-state index contributed by atoms with van der Waals surface area (Å²) in [7, 11) is 1.58.